The van der Waals surface area contributed by atoms with Crippen molar-refractivity contribution in [3.63, 3.8) is 0 Å². The lowest BCUT2D eigenvalue weighted by Gasteiger charge is -2.24. The van der Waals surface area contributed by atoms with Crippen LogP contribution in [0.2, 0.25) is 0 Å². The third kappa shape index (κ3) is 6.47. The largest absolute Gasteiger partial charge is 0.349 e. The van der Waals surface area contributed by atoms with E-state index in [-0.39, 0.29) is 12.5 Å². The number of hydrogen-bond acceptors (Lipinski definition) is 5. The van der Waals surface area contributed by atoms with E-state index in [9.17, 15) is 19.0 Å². The number of amides is 2. The molecule has 0 fully saturated rings. The van der Waals surface area contributed by atoms with Crippen molar-refractivity contribution in [2.45, 2.75) is 39.0 Å². The van der Waals surface area contributed by atoms with Crippen molar-refractivity contribution in [1.82, 2.24) is 10.6 Å². The minimum absolute atomic E-state index is 0.155. The van der Waals surface area contributed by atoms with Crippen LogP contribution in [0.4, 0.5) is 0 Å². The van der Waals surface area contributed by atoms with Crippen LogP contribution in [0.1, 0.15) is 27.2 Å². The lowest BCUT2D eigenvalue weighted by atomic mass is 10.0. The van der Waals surface area contributed by atoms with Gasteiger partial charge in [-0.2, -0.15) is 0 Å². The summed E-state index contributed by atoms with van der Waals surface area (Å²) in [6.45, 7) is 4.92. The molecule has 0 saturated heterocycles. The van der Waals surface area contributed by atoms with Gasteiger partial charge in [-0.1, -0.05) is 13.8 Å². The summed E-state index contributed by atoms with van der Waals surface area (Å²) in [6.07, 6.45) is 0.396. The van der Waals surface area contributed by atoms with E-state index in [1.807, 2.05) is 13.8 Å². The molecule has 0 heterocycles. The van der Waals surface area contributed by atoms with Crippen molar-refractivity contribution < 1.29 is 23.6 Å². The molecule has 0 aromatic heterocycles. The number of carbonyl (C=O) groups excluding carboxylic acids is 2. The van der Waals surface area contributed by atoms with Crippen LogP contribution in [0.15, 0.2) is 0 Å². The highest BCUT2D eigenvalue weighted by molar-refractivity contribution is 7.53. The number of carbonyl (C=O) groups is 2. The molecule has 0 radical (unpaired) electrons. The smallest absolute Gasteiger partial charge is 0.343 e. The number of nitrogens with one attached hydrogen (secondary N) is 2. The first-order valence-corrected chi connectivity index (χ1v) is 7.96. The van der Waals surface area contributed by atoms with Crippen LogP contribution in [0.5, 0.6) is 0 Å². The summed E-state index contributed by atoms with van der Waals surface area (Å²) in [6, 6.07) is -0.801. The van der Waals surface area contributed by atoms with Crippen LogP contribution in [-0.4, -0.2) is 42.2 Å². The van der Waals surface area contributed by atoms with Crippen molar-refractivity contribution in [3.8, 4) is 0 Å². The Labute approximate surface area is 119 Å². The van der Waals surface area contributed by atoms with E-state index in [4.69, 9.17) is 5.73 Å². The highest BCUT2D eigenvalue weighted by Gasteiger charge is 2.31. The molecule has 0 saturated carbocycles. The van der Waals surface area contributed by atoms with Gasteiger partial charge >= 0.3 is 7.60 Å². The molecule has 0 bridgehead atoms. The topological polar surface area (TPSA) is 131 Å². The van der Waals surface area contributed by atoms with Gasteiger partial charge in [-0.3, -0.25) is 14.2 Å². The average molecular weight is 309 g/mol. The Morgan fingerprint density at radius 2 is 1.85 bits per heavy atom. The second-order valence-corrected chi connectivity index (χ2v) is 7.15. The van der Waals surface area contributed by atoms with E-state index < -0.39 is 31.2 Å². The number of rotatable bonds is 8. The Hall–Kier alpha value is -0.950. The highest BCUT2D eigenvalue weighted by atomic mass is 31.2. The van der Waals surface area contributed by atoms with Crippen molar-refractivity contribution >= 4 is 19.4 Å². The lowest BCUT2D eigenvalue weighted by molar-refractivity contribution is -0.128. The molecule has 0 aliphatic rings. The summed E-state index contributed by atoms with van der Waals surface area (Å²) in [4.78, 5) is 32.8. The third-order valence-corrected chi connectivity index (χ3v) is 4.28. The third-order valence-electron chi connectivity index (χ3n) is 2.65. The van der Waals surface area contributed by atoms with Gasteiger partial charge in [0.15, 0.2) is 0 Å². The zero-order valence-corrected chi connectivity index (χ0v) is 13.1. The summed E-state index contributed by atoms with van der Waals surface area (Å²) in [5.41, 5.74) is 5.20. The molecule has 0 aliphatic heterocycles. The monoisotopic (exact) mass is 309 g/mol. The molecule has 3 atom stereocenters. The van der Waals surface area contributed by atoms with Crippen LogP contribution in [0.25, 0.3) is 0 Å². The van der Waals surface area contributed by atoms with Crippen molar-refractivity contribution in [2.75, 3.05) is 13.7 Å². The van der Waals surface area contributed by atoms with Crippen molar-refractivity contribution in [1.29, 1.82) is 0 Å². The van der Waals surface area contributed by atoms with E-state index >= 15 is 0 Å². The summed E-state index contributed by atoms with van der Waals surface area (Å²) in [7, 11) is -2.81. The van der Waals surface area contributed by atoms with Gasteiger partial charge in [-0.25, -0.2) is 0 Å². The van der Waals surface area contributed by atoms with E-state index in [0.717, 1.165) is 7.11 Å². The lowest BCUT2D eigenvalue weighted by Crippen LogP contribution is -2.50. The molecule has 5 N–H and O–H groups in total. The second kappa shape index (κ2) is 8.36. The predicted molar refractivity (Wildman–Crippen MR) is 74.9 cm³/mol. The first-order valence-electron chi connectivity index (χ1n) is 6.32. The Balaban J connectivity index is 4.78. The molecule has 2 amide bonds. The predicted octanol–water partition coefficient (Wildman–Crippen LogP) is -0.230. The molecule has 0 aromatic rings. The first kappa shape index (κ1) is 19.1. The molecular weight excluding hydrogens is 285 g/mol. The highest BCUT2D eigenvalue weighted by Crippen LogP contribution is 2.44. The molecule has 20 heavy (non-hydrogen) atoms. The molecule has 0 aromatic carbocycles. The van der Waals surface area contributed by atoms with Gasteiger partial charge < -0.3 is 25.8 Å². The fourth-order valence-electron chi connectivity index (χ4n) is 1.50. The molecule has 0 spiro atoms. The van der Waals surface area contributed by atoms with E-state index in [2.05, 4.69) is 15.2 Å². The zero-order valence-electron chi connectivity index (χ0n) is 12.3. The normalized spacial score (nSPS) is 17.1. The maximum atomic E-state index is 12.0. The van der Waals surface area contributed by atoms with Crippen LogP contribution in [-0.2, 0) is 18.7 Å². The minimum Gasteiger partial charge on any atom is -0.343 e. The van der Waals surface area contributed by atoms with Crippen LogP contribution >= 0.6 is 7.60 Å². The summed E-state index contributed by atoms with van der Waals surface area (Å²) < 4.78 is 16.0. The molecule has 118 valence electrons. The van der Waals surface area contributed by atoms with Gasteiger partial charge in [0, 0.05) is 7.11 Å². The Morgan fingerprint density at radius 3 is 2.25 bits per heavy atom. The quantitative estimate of drug-likeness (QED) is 0.458. The number of nitrogens with two attached hydrogens (primary N) is 1. The zero-order chi connectivity index (χ0) is 15.9. The number of hydrogen-bond donors (Lipinski definition) is 4. The van der Waals surface area contributed by atoms with Gasteiger partial charge in [-0.05, 0) is 19.3 Å². The Morgan fingerprint density at radius 1 is 1.30 bits per heavy atom. The average Bonchev–Trinajstić information content (AvgIpc) is 2.36. The molecule has 0 rings (SSSR count). The Kier molecular flexibility index (Phi) is 7.96. The van der Waals surface area contributed by atoms with Crippen LogP contribution < -0.4 is 16.4 Å². The van der Waals surface area contributed by atoms with Gasteiger partial charge in [-0.15, -0.1) is 0 Å². The maximum Gasteiger partial charge on any atom is 0.349 e. The first-order chi connectivity index (χ1) is 9.13. The van der Waals surface area contributed by atoms with Crippen LogP contribution in [0, 0.1) is 5.92 Å². The molecule has 8 nitrogen and oxygen atoms in total. The second-order valence-electron chi connectivity index (χ2n) is 4.89. The summed E-state index contributed by atoms with van der Waals surface area (Å²) in [5, 5.41) is 4.86. The van der Waals surface area contributed by atoms with Crippen molar-refractivity contribution in [2.24, 2.45) is 11.7 Å². The van der Waals surface area contributed by atoms with E-state index in [1.165, 1.54) is 6.92 Å². The van der Waals surface area contributed by atoms with E-state index in [1.54, 1.807) is 0 Å². The van der Waals surface area contributed by atoms with E-state index in [0.29, 0.717) is 6.42 Å². The SMILES string of the molecule is COP(=O)(O)[C@@H](C)NC(=O)[C@H](CC(C)C)NC(=O)CN. The fraction of sp³-hybridized carbons (Fsp3) is 0.818. The standard InChI is InChI=1S/C11H24N3O5P/c1-7(2)5-9(14-10(15)6-12)11(16)13-8(3)20(17,18)19-4/h7-9H,5-6,12H2,1-4H3,(H,13,16)(H,14,15)(H,17,18)/t8-,9-/m0/s1. The molecular formula is C11H24N3O5P. The summed E-state index contributed by atoms with van der Waals surface area (Å²) in [5.74, 6) is -1.91. The van der Waals surface area contributed by atoms with Gasteiger partial charge in [0.2, 0.25) is 11.8 Å². The molecule has 9 heteroatoms. The Bertz CT molecular complexity index is 388. The maximum absolute atomic E-state index is 12.0. The van der Waals surface area contributed by atoms with Crippen molar-refractivity contribution in [3.05, 3.63) is 0 Å². The molecule has 1 unspecified atom stereocenters. The minimum atomic E-state index is -3.90. The summed E-state index contributed by atoms with van der Waals surface area (Å²) >= 11 is 0. The van der Waals surface area contributed by atoms with Gasteiger partial charge in [0.25, 0.3) is 0 Å². The van der Waals surface area contributed by atoms with Gasteiger partial charge in [0.1, 0.15) is 11.8 Å². The van der Waals surface area contributed by atoms with Gasteiger partial charge in [0.05, 0.1) is 6.54 Å². The fourth-order valence-corrected chi connectivity index (χ4v) is 2.11. The van der Waals surface area contributed by atoms with Crippen LogP contribution in [0.3, 0.4) is 0 Å². The molecule has 0 aliphatic carbocycles.